The number of likely N-dealkylation sites (tertiary alicyclic amines) is 1. The van der Waals surface area contributed by atoms with E-state index in [4.69, 9.17) is 0 Å². The molecule has 0 N–H and O–H groups in total. The average molecular weight is 153 g/mol. The van der Waals surface area contributed by atoms with Crippen LogP contribution in [0, 0.1) is 5.92 Å². The second kappa shape index (κ2) is 2.94. The molecular weight excluding hydrogens is 138 g/mol. The summed E-state index contributed by atoms with van der Waals surface area (Å²) in [6.07, 6.45) is 5.89. The van der Waals surface area contributed by atoms with Crippen molar-refractivity contribution in [1.82, 2.24) is 4.90 Å². The summed E-state index contributed by atoms with van der Waals surface area (Å²) in [5.41, 5.74) is 0. The first-order chi connectivity index (χ1) is 5.40. The Balaban J connectivity index is 1.78. The van der Waals surface area contributed by atoms with Gasteiger partial charge in [-0.1, -0.05) is 0 Å². The first-order valence-corrected chi connectivity index (χ1v) is 4.58. The van der Waals surface area contributed by atoms with E-state index in [1.54, 1.807) is 0 Å². The van der Waals surface area contributed by atoms with Gasteiger partial charge in [-0.05, 0) is 31.7 Å². The van der Waals surface area contributed by atoms with Gasteiger partial charge in [0, 0.05) is 19.0 Å². The molecule has 11 heavy (non-hydrogen) atoms. The van der Waals surface area contributed by atoms with Gasteiger partial charge < -0.3 is 9.69 Å². The highest BCUT2D eigenvalue weighted by Gasteiger charge is 2.33. The van der Waals surface area contributed by atoms with Gasteiger partial charge in [-0.25, -0.2) is 0 Å². The summed E-state index contributed by atoms with van der Waals surface area (Å²) >= 11 is 0. The Kier molecular flexibility index (Phi) is 1.95. The molecule has 2 nitrogen and oxygen atoms in total. The molecule has 2 fully saturated rings. The minimum absolute atomic E-state index is 0.674. The first-order valence-electron chi connectivity index (χ1n) is 4.58. The molecule has 0 aromatic carbocycles. The highest BCUT2D eigenvalue weighted by atomic mass is 16.1. The third-order valence-corrected chi connectivity index (χ3v) is 2.81. The zero-order chi connectivity index (χ0) is 7.68. The maximum absolute atomic E-state index is 10.2. The van der Waals surface area contributed by atoms with Crippen molar-refractivity contribution in [2.24, 2.45) is 5.92 Å². The smallest absolute Gasteiger partial charge is 0.120 e. The summed E-state index contributed by atoms with van der Waals surface area (Å²) < 4.78 is 0. The van der Waals surface area contributed by atoms with Gasteiger partial charge in [-0.2, -0.15) is 0 Å². The van der Waals surface area contributed by atoms with Crippen LogP contribution in [0.4, 0.5) is 0 Å². The van der Waals surface area contributed by atoms with E-state index in [9.17, 15) is 4.79 Å². The molecule has 0 bridgehead atoms. The number of nitrogens with zero attached hydrogens (tertiary/aromatic N) is 1. The third-order valence-electron chi connectivity index (χ3n) is 2.81. The van der Waals surface area contributed by atoms with Crippen LogP contribution in [0.3, 0.4) is 0 Å². The van der Waals surface area contributed by atoms with E-state index in [0.29, 0.717) is 5.92 Å². The zero-order valence-corrected chi connectivity index (χ0v) is 6.83. The Labute approximate surface area is 67.6 Å². The molecule has 1 saturated carbocycles. The molecular formula is C9H15NO. The van der Waals surface area contributed by atoms with Crippen LogP contribution < -0.4 is 0 Å². The van der Waals surface area contributed by atoms with Gasteiger partial charge in [-0.15, -0.1) is 0 Å². The summed E-state index contributed by atoms with van der Waals surface area (Å²) in [6.45, 7) is 2.42. The fourth-order valence-corrected chi connectivity index (χ4v) is 1.96. The van der Waals surface area contributed by atoms with E-state index < -0.39 is 0 Å². The van der Waals surface area contributed by atoms with Gasteiger partial charge in [0.1, 0.15) is 6.29 Å². The van der Waals surface area contributed by atoms with Crippen molar-refractivity contribution in [3.8, 4) is 0 Å². The van der Waals surface area contributed by atoms with Gasteiger partial charge in [0.05, 0.1) is 0 Å². The number of carbonyl (C=O) groups is 1. The molecule has 1 unspecified atom stereocenters. The van der Waals surface area contributed by atoms with E-state index in [1.807, 2.05) is 0 Å². The van der Waals surface area contributed by atoms with Crippen LogP contribution in [0.25, 0.3) is 0 Å². The predicted octanol–water partition coefficient (Wildman–Crippen LogP) is 1.06. The van der Waals surface area contributed by atoms with Crippen molar-refractivity contribution < 1.29 is 4.79 Å². The van der Waals surface area contributed by atoms with E-state index in [2.05, 4.69) is 4.90 Å². The molecule has 1 aliphatic carbocycles. The highest BCUT2D eigenvalue weighted by Crippen LogP contribution is 2.32. The highest BCUT2D eigenvalue weighted by molar-refractivity contribution is 5.49. The number of hydrogen-bond donors (Lipinski definition) is 0. The number of carbonyl (C=O) groups excluding carboxylic acids is 1. The number of rotatable bonds is 3. The molecule has 0 radical (unpaired) electrons. The molecule has 2 rings (SSSR count). The SMILES string of the molecule is O=CCC1CCN(C2CC2)C1. The summed E-state index contributed by atoms with van der Waals surface area (Å²) in [5.74, 6) is 0.674. The lowest BCUT2D eigenvalue weighted by atomic mass is 10.1. The van der Waals surface area contributed by atoms with Crippen LogP contribution in [-0.4, -0.2) is 30.3 Å². The molecule has 1 heterocycles. The second-order valence-electron chi connectivity index (χ2n) is 3.78. The van der Waals surface area contributed by atoms with Gasteiger partial charge in [0.2, 0.25) is 0 Å². The Morgan fingerprint density at radius 3 is 2.82 bits per heavy atom. The number of aldehydes is 1. The molecule has 2 heteroatoms. The summed E-state index contributed by atoms with van der Waals surface area (Å²) in [6, 6.07) is 0.895. The van der Waals surface area contributed by atoms with Gasteiger partial charge in [0.15, 0.2) is 0 Å². The molecule has 0 aromatic rings. The average Bonchev–Trinajstić information content (AvgIpc) is 2.75. The van der Waals surface area contributed by atoms with E-state index in [0.717, 1.165) is 18.7 Å². The predicted molar refractivity (Wildman–Crippen MR) is 43.4 cm³/mol. The third kappa shape index (κ3) is 1.62. The van der Waals surface area contributed by atoms with E-state index in [1.165, 1.54) is 32.4 Å². The molecule has 0 amide bonds. The summed E-state index contributed by atoms with van der Waals surface area (Å²) in [5, 5.41) is 0. The standard InChI is InChI=1S/C9H15NO/c11-6-4-8-3-5-10(7-8)9-1-2-9/h6,8-9H,1-5,7H2. The van der Waals surface area contributed by atoms with Crippen LogP contribution in [-0.2, 0) is 4.79 Å². The van der Waals surface area contributed by atoms with Crippen molar-refractivity contribution in [3.05, 3.63) is 0 Å². The molecule has 1 aliphatic heterocycles. The maximum atomic E-state index is 10.2. The minimum Gasteiger partial charge on any atom is -0.303 e. The molecule has 1 saturated heterocycles. The number of hydrogen-bond acceptors (Lipinski definition) is 2. The fourth-order valence-electron chi connectivity index (χ4n) is 1.96. The zero-order valence-electron chi connectivity index (χ0n) is 6.83. The molecule has 0 spiro atoms. The first kappa shape index (κ1) is 7.29. The molecule has 1 atom stereocenters. The normalized spacial score (nSPS) is 32.5. The fraction of sp³-hybridized carbons (Fsp3) is 0.889. The Bertz CT molecular complexity index is 154. The molecule has 62 valence electrons. The minimum atomic E-state index is 0.674. The van der Waals surface area contributed by atoms with Crippen molar-refractivity contribution >= 4 is 6.29 Å². The largest absolute Gasteiger partial charge is 0.303 e. The van der Waals surface area contributed by atoms with Crippen LogP contribution in [0.5, 0.6) is 0 Å². The summed E-state index contributed by atoms with van der Waals surface area (Å²) in [4.78, 5) is 12.8. The van der Waals surface area contributed by atoms with Crippen molar-refractivity contribution in [1.29, 1.82) is 0 Å². The Hall–Kier alpha value is -0.370. The molecule has 0 aromatic heterocycles. The van der Waals surface area contributed by atoms with Crippen molar-refractivity contribution in [2.45, 2.75) is 31.7 Å². The lowest BCUT2D eigenvalue weighted by Gasteiger charge is -2.13. The van der Waals surface area contributed by atoms with Crippen LogP contribution in [0.2, 0.25) is 0 Å². The molecule has 2 aliphatic rings. The summed E-state index contributed by atoms with van der Waals surface area (Å²) in [7, 11) is 0. The van der Waals surface area contributed by atoms with Gasteiger partial charge >= 0.3 is 0 Å². The lowest BCUT2D eigenvalue weighted by molar-refractivity contribution is -0.108. The monoisotopic (exact) mass is 153 g/mol. The van der Waals surface area contributed by atoms with Gasteiger partial charge in [0.25, 0.3) is 0 Å². The Morgan fingerprint density at radius 2 is 2.18 bits per heavy atom. The van der Waals surface area contributed by atoms with Crippen molar-refractivity contribution in [2.75, 3.05) is 13.1 Å². The Morgan fingerprint density at radius 1 is 1.36 bits per heavy atom. The van der Waals surface area contributed by atoms with Crippen LogP contribution in [0.15, 0.2) is 0 Å². The maximum Gasteiger partial charge on any atom is 0.120 e. The lowest BCUT2D eigenvalue weighted by Crippen LogP contribution is -2.22. The van der Waals surface area contributed by atoms with Crippen LogP contribution >= 0.6 is 0 Å². The van der Waals surface area contributed by atoms with E-state index >= 15 is 0 Å². The quantitative estimate of drug-likeness (QED) is 0.565. The van der Waals surface area contributed by atoms with Crippen LogP contribution in [0.1, 0.15) is 25.7 Å². The second-order valence-corrected chi connectivity index (χ2v) is 3.78. The van der Waals surface area contributed by atoms with E-state index in [-0.39, 0.29) is 0 Å². The van der Waals surface area contributed by atoms with Gasteiger partial charge in [-0.3, -0.25) is 0 Å². The van der Waals surface area contributed by atoms with Crippen molar-refractivity contribution in [3.63, 3.8) is 0 Å². The topological polar surface area (TPSA) is 20.3 Å².